The molecule has 4 rings (SSSR count). The number of anilines is 5. The van der Waals surface area contributed by atoms with Crippen LogP contribution in [0, 0.1) is 0 Å². The highest BCUT2D eigenvalue weighted by molar-refractivity contribution is 5.82. The molecule has 5 heteroatoms. The molecule has 0 aliphatic carbocycles. The van der Waals surface area contributed by atoms with E-state index in [0.29, 0.717) is 11.5 Å². The average molecular weight is 345 g/mol. The van der Waals surface area contributed by atoms with Crippen LogP contribution in [-0.4, -0.2) is 16.5 Å². The molecule has 0 saturated carbocycles. The molecule has 0 spiro atoms. The summed E-state index contributed by atoms with van der Waals surface area (Å²) in [6.07, 6.45) is 4.70. The third-order valence-electron chi connectivity index (χ3n) is 4.88. The Balaban J connectivity index is 1.71. The van der Waals surface area contributed by atoms with Gasteiger partial charge in [0, 0.05) is 17.9 Å². The van der Waals surface area contributed by atoms with Crippen molar-refractivity contribution in [3.05, 3.63) is 66.0 Å². The molecule has 3 N–H and O–H groups in total. The van der Waals surface area contributed by atoms with Gasteiger partial charge in [0.1, 0.15) is 12.0 Å². The standard InChI is InChI=1S/C21H23N5/c1-2-15-8-3-5-11-17(15)25-20-19(22)21(24-14-23-20)26-13-7-10-16-9-4-6-12-18(16)26/h3-6,8-9,11-12,14H,2,7,10,13,22H2,1H3,(H,23,24,25). The van der Waals surface area contributed by atoms with E-state index in [1.807, 2.05) is 12.1 Å². The lowest BCUT2D eigenvalue weighted by Gasteiger charge is -2.31. The molecule has 26 heavy (non-hydrogen) atoms. The van der Waals surface area contributed by atoms with Crippen molar-refractivity contribution < 1.29 is 0 Å². The third-order valence-corrected chi connectivity index (χ3v) is 4.88. The fourth-order valence-electron chi connectivity index (χ4n) is 3.53. The summed E-state index contributed by atoms with van der Waals surface area (Å²) < 4.78 is 0. The number of benzene rings is 2. The lowest BCUT2D eigenvalue weighted by atomic mass is 10.0. The second kappa shape index (κ2) is 7.04. The number of nitrogens with zero attached hydrogens (tertiary/aromatic N) is 3. The van der Waals surface area contributed by atoms with Crippen LogP contribution in [0.25, 0.3) is 0 Å². The molecule has 2 aromatic carbocycles. The predicted octanol–water partition coefficient (Wildman–Crippen LogP) is 4.45. The molecule has 5 nitrogen and oxygen atoms in total. The van der Waals surface area contributed by atoms with Crippen LogP contribution in [0.4, 0.5) is 28.7 Å². The Labute approximate surface area is 153 Å². The van der Waals surface area contributed by atoms with Crippen LogP contribution in [0.1, 0.15) is 24.5 Å². The molecule has 0 atom stereocenters. The molecule has 1 aliphatic heterocycles. The molecule has 0 fully saturated rings. The summed E-state index contributed by atoms with van der Waals surface area (Å²) in [5, 5.41) is 3.39. The topological polar surface area (TPSA) is 67.1 Å². The van der Waals surface area contributed by atoms with Crippen LogP contribution in [0.3, 0.4) is 0 Å². The van der Waals surface area contributed by atoms with E-state index in [9.17, 15) is 0 Å². The van der Waals surface area contributed by atoms with Crippen molar-refractivity contribution in [1.29, 1.82) is 0 Å². The Morgan fingerprint density at radius 3 is 2.77 bits per heavy atom. The summed E-state index contributed by atoms with van der Waals surface area (Å²) >= 11 is 0. The van der Waals surface area contributed by atoms with Crippen molar-refractivity contribution >= 4 is 28.7 Å². The van der Waals surface area contributed by atoms with Crippen LogP contribution < -0.4 is 16.0 Å². The largest absolute Gasteiger partial charge is 0.393 e. The molecule has 3 aromatic rings. The first-order valence-corrected chi connectivity index (χ1v) is 9.08. The van der Waals surface area contributed by atoms with Gasteiger partial charge < -0.3 is 16.0 Å². The summed E-state index contributed by atoms with van der Waals surface area (Å²) in [6, 6.07) is 16.7. The van der Waals surface area contributed by atoms with Crippen LogP contribution >= 0.6 is 0 Å². The number of aromatic nitrogens is 2. The van der Waals surface area contributed by atoms with Gasteiger partial charge in [-0.3, -0.25) is 0 Å². The molecule has 1 aromatic heterocycles. The van der Waals surface area contributed by atoms with E-state index in [1.54, 1.807) is 6.33 Å². The molecule has 2 heterocycles. The zero-order valence-corrected chi connectivity index (χ0v) is 14.9. The van der Waals surface area contributed by atoms with E-state index in [2.05, 4.69) is 63.5 Å². The quantitative estimate of drug-likeness (QED) is 0.731. The molecular formula is C21H23N5. The van der Waals surface area contributed by atoms with Crippen molar-refractivity contribution in [3.8, 4) is 0 Å². The minimum Gasteiger partial charge on any atom is -0.393 e. The Morgan fingerprint density at radius 2 is 1.88 bits per heavy atom. The Hall–Kier alpha value is -3.08. The second-order valence-corrected chi connectivity index (χ2v) is 6.48. The van der Waals surface area contributed by atoms with Gasteiger partial charge in [0.05, 0.1) is 0 Å². The maximum atomic E-state index is 6.48. The van der Waals surface area contributed by atoms with Crippen LogP contribution in [-0.2, 0) is 12.8 Å². The minimum atomic E-state index is 0.579. The molecule has 0 saturated heterocycles. The molecule has 132 valence electrons. The SMILES string of the molecule is CCc1ccccc1Nc1ncnc(N2CCCc3ccccc32)c1N. The van der Waals surface area contributed by atoms with E-state index in [0.717, 1.165) is 37.3 Å². The first-order valence-electron chi connectivity index (χ1n) is 9.08. The highest BCUT2D eigenvalue weighted by atomic mass is 15.2. The summed E-state index contributed by atoms with van der Waals surface area (Å²) in [5.74, 6) is 1.42. The van der Waals surface area contributed by atoms with Gasteiger partial charge in [-0.05, 0) is 42.5 Å². The molecule has 0 amide bonds. The molecular weight excluding hydrogens is 322 g/mol. The maximum Gasteiger partial charge on any atom is 0.161 e. The van der Waals surface area contributed by atoms with E-state index >= 15 is 0 Å². The van der Waals surface area contributed by atoms with E-state index < -0.39 is 0 Å². The Kier molecular flexibility index (Phi) is 4.44. The fraction of sp³-hybridized carbons (Fsp3) is 0.238. The molecule has 1 aliphatic rings. The van der Waals surface area contributed by atoms with Gasteiger partial charge in [-0.1, -0.05) is 43.3 Å². The lowest BCUT2D eigenvalue weighted by Crippen LogP contribution is -2.26. The normalized spacial score (nSPS) is 13.3. The number of hydrogen-bond acceptors (Lipinski definition) is 5. The fourth-order valence-corrected chi connectivity index (χ4v) is 3.53. The number of nitrogens with one attached hydrogen (secondary N) is 1. The lowest BCUT2D eigenvalue weighted by molar-refractivity contribution is 0.759. The summed E-state index contributed by atoms with van der Waals surface area (Å²) in [6.45, 7) is 3.04. The molecule has 0 radical (unpaired) electrons. The van der Waals surface area contributed by atoms with E-state index in [1.165, 1.54) is 16.8 Å². The van der Waals surface area contributed by atoms with Crippen LogP contribution in [0.15, 0.2) is 54.9 Å². The number of hydrogen-bond donors (Lipinski definition) is 2. The first-order chi connectivity index (χ1) is 12.8. The smallest absolute Gasteiger partial charge is 0.161 e. The molecule has 0 unspecified atom stereocenters. The van der Waals surface area contributed by atoms with Crippen molar-refractivity contribution in [2.45, 2.75) is 26.2 Å². The van der Waals surface area contributed by atoms with E-state index in [-0.39, 0.29) is 0 Å². The van der Waals surface area contributed by atoms with Crippen molar-refractivity contribution in [1.82, 2.24) is 9.97 Å². The highest BCUT2D eigenvalue weighted by Gasteiger charge is 2.22. The van der Waals surface area contributed by atoms with Gasteiger partial charge in [0.15, 0.2) is 11.6 Å². The predicted molar refractivity (Wildman–Crippen MR) is 107 cm³/mol. The van der Waals surface area contributed by atoms with Crippen molar-refractivity contribution in [3.63, 3.8) is 0 Å². The van der Waals surface area contributed by atoms with Gasteiger partial charge in [-0.2, -0.15) is 0 Å². The van der Waals surface area contributed by atoms with Gasteiger partial charge >= 0.3 is 0 Å². The number of aryl methyl sites for hydroxylation is 2. The number of para-hydroxylation sites is 2. The Morgan fingerprint density at radius 1 is 1.08 bits per heavy atom. The van der Waals surface area contributed by atoms with Gasteiger partial charge in [0.25, 0.3) is 0 Å². The number of nitrogens with two attached hydrogens (primary N) is 1. The van der Waals surface area contributed by atoms with Gasteiger partial charge in [0.2, 0.25) is 0 Å². The van der Waals surface area contributed by atoms with E-state index in [4.69, 9.17) is 5.73 Å². The highest BCUT2D eigenvalue weighted by Crippen LogP contribution is 2.37. The number of rotatable bonds is 4. The Bertz CT molecular complexity index is 922. The summed E-state index contributed by atoms with van der Waals surface area (Å²) in [7, 11) is 0. The average Bonchev–Trinajstić information content (AvgIpc) is 2.70. The number of nitrogen functional groups attached to an aromatic ring is 1. The van der Waals surface area contributed by atoms with Crippen molar-refractivity contribution in [2.75, 3.05) is 22.5 Å². The first kappa shape index (κ1) is 16.4. The van der Waals surface area contributed by atoms with Crippen LogP contribution in [0.5, 0.6) is 0 Å². The van der Waals surface area contributed by atoms with Gasteiger partial charge in [-0.25, -0.2) is 9.97 Å². The maximum absolute atomic E-state index is 6.48. The zero-order chi connectivity index (χ0) is 17.9. The molecule has 0 bridgehead atoms. The monoisotopic (exact) mass is 345 g/mol. The van der Waals surface area contributed by atoms with Crippen LogP contribution in [0.2, 0.25) is 0 Å². The van der Waals surface area contributed by atoms with Crippen molar-refractivity contribution in [2.24, 2.45) is 0 Å². The number of fused-ring (bicyclic) bond motifs is 1. The summed E-state index contributed by atoms with van der Waals surface area (Å²) in [4.78, 5) is 11.1. The zero-order valence-electron chi connectivity index (χ0n) is 14.9. The third kappa shape index (κ3) is 2.96. The summed E-state index contributed by atoms with van der Waals surface area (Å²) in [5.41, 5.74) is 11.8. The van der Waals surface area contributed by atoms with Gasteiger partial charge in [-0.15, -0.1) is 0 Å². The minimum absolute atomic E-state index is 0.579. The second-order valence-electron chi connectivity index (χ2n) is 6.48.